The Labute approximate surface area is 73.4 Å². The van der Waals surface area contributed by atoms with E-state index in [1.165, 1.54) is 16.7 Å². The van der Waals surface area contributed by atoms with Gasteiger partial charge in [0, 0.05) is 11.5 Å². The Bertz CT molecular complexity index is 315. The number of rotatable bonds is 0. The van der Waals surface area contributed by atoms with Crippen LogP contribution in [0.5, 0.6) is 5.75 Å². The van der Waals surface area contributed by atoms with Crippen LogP contribution in [-0.4, -0.2) is 6.61 Å². The highest BCUT2D eigenvalue weighted by Crippen LogP contribution is 2.36. The summed E-state index contributed by atoms with van der Waals surface area (Å²) in [5.74, 6) is 1.69. The Kier molecular flexibility index (Phi) is 1.60. The van der Waals surface area contributed by atoms with Crippen LogP contribution < -0.4 is 4.74 Å². The number of hydrogen-bond acceptors (Lipinski definition) is 1. The molecule has 1 aliphatic heterocycles. The molecule has 0 unspecified atom stereocenters. The van der Waals surface area contributed by atoms with Crippen LogP contribution in [0.25, 0.3) is 0 Å². The van der Waals surface area contributed by atoms with Gasteiger partial charge in [0.1, 0.15) is 5.75 Å². The van der Waals surface area contributed by atoms with Crippen molar-refractivity contribution in [3.63, 3.8) is 0 Å². The monoisotopic (exact) mass is 162 g/mol. The van der Waals surface area contributed by atoms with Gasteiger partial charge in [-0.05, 0) is 19.4 Å². The summed E-state index contributed by atoms with van der Waals surface area (Å²) in [5, 5.41) is 0. The van der Waals surface area contributed by atoms with Crippen molar-refractivity contribution in [2.75, 3.05) is 6.61 Å². The van der Waals surface area contributed by atoms with Gasteiger partial charge in [0.25, 0.3) is 0 Å². The molecule has 0 aromatic heterocycles. The first-order valence-corrected chi connectivity index (χ1v) is 4.42. The molecule has 2 rings (SSSR count). The van der Waals surface area contributed by atoms with Gasteiger partial charge in [-0.25, -0.2) is 0 Å². The molecule has 0 N–H and O–H groups in total. The zero-order chi connectivity index (χ0) is 8.72. The number of hydrogen-bond donors (Lipinski definition) is 0. The molecule has 0 saturated heterocycles. The lowest BCUT2D eigenvalue weighted by molar-refractivity contribution is 0.335. The summed E-state index contributed by atoms with van der Waals surface area (Å²) in [6.45, 7) is 7.31. The molecule has 0 saturated carbocycles. The number of ether oxygens (including phenoxy) is 1. The molecule has 1 nitrogen and oxygen atoms in total. The first-order valence-electron chi connectivity index (χ1n) is 4.42. The minimum absolute atomic E-state index is 0.568. The standard InChI is InChI=1S/C11H14O/c1-7-4-8(2)11-10(5-7)9(3)6-12-11/h4-5,9H,6H2,1-3H3/t9-/m0/s1. The van der Waals surface area contributed by atoms with Crippen molar-refractivity contribution in [3.05, 3.63) is 28.8 Å². The summed E-state index contributed by atoms with van der Waals surface area (Å²) in [7, 11) is 0. The molecule has 1 atom stereocenters. The summed E-state index contributed by atoms with van der Waals surface area (Å²) >= 11 is 0. The summed E-state index contributed by atoms with van der Waals surface area (Å²) in [5.41, 5.74) is 3.99. The van der Waals surface area contributed by atoms with Crippen LogP contribution in [0.4, 0.5) is 0 Å². The van der Waals surface area contributed by atoms with Crippen molar-refractivity contribution < 1.29 is 4.74 Å². The van der Waals surface area contributed by atoms with Crippen LogP contribution in [0.2, 0.25) is 0 Å². The van der Waals surface area contributed by atoms with E-state index in [1.54, 1.807) is 0 Å². The third-order valence-corrected chi connectivity index (χ3v) is 2.46. The second kappa shape index (κ2) is 2.51. The zero-order valence-electron chi connectivity index (χ0n) is 7.85. The Morgan fingerprint density at radius 1 is 1.33 bits per heavy atom. The molecular formula is C11H14O. The molecule has 1 aromatic carbocycles. The fourth-order valence-corrected chi connectivity index (χ4v) is 1.85. The zero-order valence-corrected chi connectivity index (χ0v) is 7.85. The molecule has 1 heteroatoms. The lowest BCUT2D eigenvalue weighted by atomic mass is 9.99. The maximum atomic E-state index is 5.60. The highest BCUT2D eigenvalue weighted by Gasteiger charge is 2.21. The van der Waals surface area contributed by atoms with Crippen molar-refractivity contribution in [3.8, 4) is 5.75 Å². The molecule has 1 heterocycles. The molecule has 0 radical (unpaired) electrons. The molecule has 1 aliphatic rings. The van der Waals surface area contributed by atoms with E-state index in [1.807, 2.05) is 0 Å². The molecule has 0 amide bonds. The summed E-state index contributed by atoms with van der Waals surface area (Å²) in [6, 6.07) is 4.41. The SMILES string of the molecule is Cc1cc(C)c2c(c1)[C@@H](C)CO2. The number of benzene rings is 1. The first kappa shape index (κ1) is 7.66. The van der Waals surface area contributed by atoms with E-state index in [-0.39, 0.29) is 0 Å². The highest BCUT2D eigenvalue weighted by molar-refractivity contribution is 5.47. The average molecular weight is 162 g/mol. The van der Waals surface area contributed by atoms with E-state index in [0.717, 1.165) is 12.4 Å². The Hall–Kier alpha value is -0.980. The summed E-state index contributed by atoms with van der Waals surface area (Å²) < 4.78 is 5.60. The van der Waals surface area contributed by atoms with E-state index >= 15 is 0 Å². The van der Waals surface area contributed by atoms with Gasteiger partial charge < -0.3 is 4.74 Å². The molecule has 0 aliphatic carbocycles. The van der Waals surface area contributed by atoms with Gasteiger partial charge in [0.2, 0.25) is 0 Å². The van der Waals surface area contributed by atoms with E-state index in [0.29, 0.717) is 5.92 Å². The third-order valence-electron chi connectivity index (χ3n) is 2.46. The van der Waals surface area contributed by atoms with Crippen LogP contribution in [0.1, 0.15) is 29.5 Å². The van der Waals surface area contributed by atoms with E-state index < -0.39 is 0 Å². The van der Waals surface area contributed by atoms with Gasteiger partial charge in [-0.2, -0.15) is 0 Å². The van der Waals surface area contributed by atoms with Crippen molar-refractivity contribution in [1.82, 2.24) is 0 Å². The van der Waals surface area contributed by atoms with Crippen LogP contribution in [-0.2, 0) is 0 Å². The van der Waals surface area contributed by atoms with E-state index in [2.05, 4.69) is 32.9 Å². The number of aryl methyl sites for hydroxylation is 2. The van der Waals surface area contributed by atoms with Crippen molar-refractivity contribution in [2.24, 2.45) is 0 Å². The maximum absolute atomic E-state index is 5.60. The largest absolute Gasteiger partial charge is 0.492 e. The predicted molar refractivity (Wildman–Crippen MR) is 49.8 cm³/mol. The van der Waals surface area contributed by atoms with Crippen molar-refractivity contribution >= 4 is 0 Å². The highest BCUT2D eigenvalue weighted by atomic mass is 16.5. The second-order valence-electron chi connectivity index (χ2n) is 3.71. The number of fused-ring (bicyclic) bond motifs is 1. The van der Waals surface area contributed by atoms with Gasteiger partial charge >= 0.3 is 0 Å². The summed E-state index contributed by atoms with van der Waals surface area (Å²) in [4.78, 5) is 0. The van der Waals surface area contributed by atoms with Gasteiger partial charge in [0.15, 0.2) is 0 Å². The second-order valence-corrected chi connectivity index (χ2v) is 3.71. The van der Waals surface area contributed by atoms with Crippen LogP contribution in [0.15, 0.2) is 12.1 Å². The van der Waals surface area contributed by atoms with Gasteiger partial charge in [0.05, 0.1) is 6.61 Å². The average Bonchev–Trinajstić information content (AvgIpc) is 2.33. The molecule has 1 aromatic rings. The Morgan fingerprint density at radius 3 is 2.83 bits per heavy atom. The van der Waals surface area contributed by atoms with Gasteiger partial charge in [-0.1, -0.05) is 24.6 Å². The van der Waals surface area contributed by atoms with E-state index in [9.17, 15) is 0 Å². The van der Waals surface area contributed by atoms with Crippen LogP contribution in [0, 0.1) is 13.8 Å². The lowest BCUT2D eigenvalue weighted by Gasteiger charge is -2.05. The van der Waals surface area contributed by atoms with Crippen molar-refractivity contribution in [1.29, 1.82) is 0 Å². The normalized spacial score (nSPS) is 20.4. The fourth-order valence-electron chi connectivity index (χ4n) is 1.85. The maximum Gasteiger partial charge on any atom is 0.125 e. The third kappa shape index (κ3) is 1.01. The smallest absolute Gasteiger partial charge is 0.125 e. The Morgan fingerprint density at radius 2 is 2.08 bits per heavy atom. The lowest BCUT2D eigenvalue weighted by Crippen LogP contribution is -1.93. The minimum atomic E-state index is 0.568. The van der Waals surface area contributed by atoms with Crippen LogP contribution >= 0.6 is 0 Å². The van der Waals surface area contributed by atoms with E-state index in [4.69, 9.17) is 4.74 Å². The Balaban J connectivity index is 2.60. The molecule has 12 heavy (non-hydrogen) atoms. The molecule has 0 bridgehead atoms. The van der Waals surface area contributed by atoms with Gasteiger partial charge in [-0.15, -0.1) is 0 Å². The predicted octanol–water partition coefficient (Wildman–Crippen LogP) is 2.80. The van der Waals surface area contributed by atoms with Gasteiger partial charge in [-0.3, -0.25) is 0 Å². The quantitative estimate of drug-likeness (QED) is 0.570. The molecule has 0 spiro atoms. The first-order chi connectivity index (χ1) is 5.68. The molecule has 0 fully saturated rings. The minimum Gasteiger partial charge on any atom is -0.492 e. The van der Waals surface area contributed by atoms with Crippen molar-refractivity contribution in [2.45, 2.75) is 26.7 Å². The molecule has 64 valence electrons. The topological polar surface area (TPSA) is 9.23 Å². The fraction of sp³-hybridized carbons (Fsp3) is 0.455. The van der Waals surface area contributed by atoms with Crippen LogP contribution in [0.3, 0.4) is 0 Å². The molecular weight excluding hydrogens is 148 g/mol. The summed E-state index contributed by atoms with van der Waals surface area (Å²) in [6.07, 6.45) is 0.